The topological polar surface area (TPSA) is 139 Å². The Morgan fingerprint density at radius 3 is 2.36 bits per heavy atom. The number of imidazole rings is 1. The molecule has 0 amide bonds. The number of aliphatic carboxylic acids is 1. The van der Waals surface area contributed by atoms with E-state index >= 15 is 0 Å². The Balaban J connectivity index is 0.00000541. The molecule has 4 aromatic heterocycles. The number of aromatic amines is 1. The predicted molar refractivity (Wildman–Crippen MR) is 177 cm³/mol. The van der Waals surface area contributed by atoms with Gasteiger partial charge >= 0.3 is 41.9 Å². The third-order valence-electron chi connectivity index (χ3n) is 9.87. The number of pyridine rings is 2. The summed E-state index contributed by atoms with van der Waals surface area (Å²) in [5.74, 6) is -0.201. The molecule has 280 valence electrons. The summed E-state index contributed by atoms with van der Waals surface area (Å²) in [5, 5.41) is 10.9. The molecular weight excluding hydrogens is 719 g/mol. The fourth-order valence-electron chi connectivity index (χ4n) is 7.33. The number of alkyl halides is 6. The third-order valence-corrected chi connectivity index (χ3v) is 9.87. The number of anilines is 2. The van der Waals surface area contributed by atoms with Crippen LogP contribution in [0.2, 0.25) is 0 Å². The molecule has 0 spiro atoms. The molecule has 12 nitrogen and oxygen atoms in total. The van der Waals surface area contributed by atoms with Crippen LogP contribution in [-0.2, 0) is 21.9 Å². The van der Waals surface area contributed by atoms with Crippen LogP contribution in [0.3, 0.4) is 0 Å². The molecule has 0 aromatic carbocycles. The molecule has 1 aliphatic carbocycles. The number of halogens is 6. The van der Waals surface area contributed by atoms with Crippen molar-refractivity contribution >= 4 is 28.6 Å². The number of carbonyl (C=O) groups excluding carboxylic acids is 1. The Morgan fingerprint density at radius 2 is 1.75 bits per heavy atom. The van der Waals surface area contributed by atoms with Gasteiger partial charge in [0, 0.05) is 76.1 Å². The molecular formula is C34H38F6N9NaO3. The number of nitrogens with zero attached hydrogens (tertiary/aromatic N) is 8. The zero-order chi connectivity index (χ0) is 37.4. The van der Waals surface area contributed by atoms with E-state index in [9.17, 15) is 36.2 Å². The molecule has 1 saturated heterocycles. The van der Waals surface area contributed by atoms with E-state index in [0.717, 1.165) is 31.9 Å². The number of fused-ring (bicyclic) bond motifs is 1. The van der Waals surface area contributed by atoms with Gasteiger partial charge in [0.2, 0.25) is 0 Å². The van der Waals surface area contributed by atoms with Gasteiger partial charge in [-0.1, -0.05) is 12.8 Å². The second-order valence-electron chi connectivity index (χ2n) is 13.6. The minimum atomic E-state index is -5.32. The first-order chi connectivity index (χ1) is 24.6. The maximum absolute atomic E-state index is 13.9. The van der Waals surface area contributed by atoms with Crippen LogP contribution in [0.15, 0.2) is 30.7 Å². The van der Waals surface area contributed by atoms with Crippen LogP contribution in [0.1, 0.15) is 50.3 Å². The van der Waals surface area contributed by atoms with Crippen molar-refractivity contribution in [1.82, 2.24) is 34.8 Å². The molecule has 2 fully saturated rings. The number of ether oxygens (including phenoxy) is 1. The number of rotatable bonds is 11. The van der Waals surface area contributed by atoms with E-state index in [1.165, 1.54) is 12.3 Å². The maximum Gasteiger partial charge on any atom is 1.00 e. The number of methoxy groups -OCH3 is 1. The standard InChI is InChI=1S/C34H39F6N9O3.Na/c1-20-17-49(11-10-48(20)9-6-27(50)51)26-16-41-24(15-42-26)30-45-28-25(47(2)18-32(19-52-3)7-4-5-8-32)13-23(44-31(28)46-30)21-12-22(33(35,36)37)29(43-14-21)34(38,39)40;/h12-16,20H,4-11,17-19H2,1-3H3,(H,50,51)(H,44,45,46);/q;+1/p-1/t20-;/m0./s1. The molecule has 53 heavy (non-hydrogen) atoms. The van der Waals surface area contributed by atoms with Crippen LogP contribution in [0.25, 0.3) is 33.9 Å². The van der Waals surface area contributed by atoms with E-state index in [1.807, 2.05) is 23.8 Å². The van der Waals surface area contributed by atoms with Crippen molar-refractivity contribution in [3.05, 3.63) is 42.0 Å². The number of carboxylic acid groups (broad SMARTS) is 1. The Labute approximate surface area is 323 Å². The van der Waals surface area contributed by atoms with Crippen LogP contribution in [0.4, 0.5) is 37.8 Å². The van der Waals surface area contributed by atoms with Gasteiger partial charge in [0.15, 0.2) is 17.2 Å². The van der Waals surface area contributed by atoms with E-state index in [4.69, 9.17) is 4.74 Å². The van der Waals surface area contributed by atoms with E-state index in [2.05, 4.69) is 34.8 Å². The van der Waals surface area contributed by atoms with Gasteiger partial charge in [-0.25, -0.2) is 19.9 Å². The zero-order valence-corrected chi connectivity index (χ0v) is 31.8. The maximum atomic E-state index is 13.9. The summed E-state index contributed by atoms with van der Waals surface area (Å²) in [7, 11) is 3.46. The first-order valence-corrected chi connectivity index (χ1v) is 16.8. The number of H-pyrrole nitrogens is 1. The van der Waals surface area contributed by atoms with Gasteiger partial charge in [0.05, 0.1) is 35.9 Å². The van der Waals surface area contributed by atoms with Crippen molar-refractivity contribution in [1.29, 1.82) is 0 Å². The summed E-state index contributed by atoms with van der Waals surface area (Å²) < 4.78 is 87.7. The van der Waals surface area contributed by atoms with Crippen molar-refractivity contribution in [2.24, 2.45) is 5.41 Å². The number of carbonyl (C=O) groups is 1. The molecule has 0 unspecified atom stereocenters. The second kappa shape index (κ2) is 16.0. The summed E-state index contributed by atoms with van der Waals surface area (Å²) in [6, 6.07) is 2.01. The molecule has 1 atom stereocenters. The molecule has 19 heteroatoms. The van der Waals surface area contributed by atoms with E-state index < -0.39 is 29.6 Å². The fraction of sp³-hybridized carbons (Fsp3) is 0.529. The number of piperazine rings is 1. The van der Waals surface area contributed by atoms with E-state index in [0.29, 0.717) is 68.1 Å². The number of hydrogen-bond acceptors (Lipinski definition) is 11. The predicted octanol–water partition coefficient (Wildman–Crippen LogP) is 1.81. The Morgan fingerprint density at radius 1 is 1.02 bits per heavy atom. The Hall–Kier alpha value is -3.58. The molecule has 2 aliphatic rings. The van der Waals surface area contributed by atoms with Gasteiger partial charge in [0.25, 0.3) is 0 Å². The van der Waals surface area contributed by atoms with Crippen molar-refractivity contribution < 1.29 is 70.5 Å². The zero-order valence-electron chi connectivity index (χ0n) is 29.8. The Kier molecular flexibility index (Phi) is 12.3. The van der Waals surface area contributed by atoms with Gasteiger partial charge in [-0.05, 0) is 38.3 Å². The van der Waals surface area contributed by atoms with Crippen molar-refractivity contribution in [2.75, 3.05) is 63.3 Å². The molecule has 0 radical (unpaired) electrons. The minimum absolute atomic E-state index is 0. The van der Waals surface area contributed by atoms with Crippen molar-refractivity contribution in [2.45, 2.75) is 57.4 Å². The SMILES string of the molecule is COCC1(CN(C)c2cc(-c3cnc(C(F)(F)F)c(C(F)(F)F)c3)nc3nc(-c4cnc(N5CCN(CCC(=O)[O-])[C@@H](C)C5)cn4)[nH]c23)CCCC1.[Na+]. The summed E-state index contributed by atoms with van der Waals surface area (Å²) >= 11 is 0. The minimum Gasteiger partial charge on any atom is -0.550 e. The summed E-state index contributed by atoms with van der Waals surface area (Å²) in [5.41, 5.74) is -2.97. The van der Waals surface area contributed by atoms with Crippen LogP contribution < -0.4 is 44.5 Å². The summed E-state index contributed by atoms with van der Waals surface area (Å²) in [6.45, 7) is 5.27. The molecule has 4 aromatic rings. The molecule has 1 aliphatic heterocycles. The third kappa shape index (κ3) is 9.04. The fourth-order valence-corrected chi connectivity index (χ4v) is 7.33. The Bertz CT molecular complexity index is 1900. The van der Waals surface area contributed by atoms with Crippen LogP contribution in [0, 0.1) is 5.41 Å². The first-order valence-electron chi connectivity index (χ1n) is 16.8. The smallest absolute Gasteiger partial charge is 0.550 e. The van der Waals surface area contributed by atoms with Crippen LogP contribution >= 0.6 is 0 Å². The van der Waals surface area contributed by atoms with Crippen LogP contribution in [0.5, 0.6) is 0 Å². The monoisotopic (exact) mass is 757 g/mol. The molecule has 0 bridgehead atoms. The number of nitrogens with one attached hydrogen (secondary N) is 1. The molecule has 5 heterocycles. The van der Waals surface area contributed by atoms with E-state index in [-0.39, 0.29) is 70.2 Å². The van der Waals surface area contributed by atoms with Gasteiger partial charge in [-0.15, -0.1) is 0 Å². The van der Waals surface area contributed by atoms with Gasteiger partial charge in [-0.2, -0.15) is 26.3 Å². The average Bonchev–Trinajstić information content (AvgIpc) is 3.73. The van der Waals surface area contributed by atoms with Crippen molar-refractivity contribution in [3.63, 3.8) is 0 Å². The van der Waals surface area contributed by atoms with Gasteiger partial charge in [-0.3, -0.25) is 9.88 Å². The molecule has 1 saturated carbocycles. The average molecular weight is 758 g/mol. The summed E-state index contributed by atoms with van der Waals surface area (Å²) in [6.07, 6.45) is -2.96. The number of aromatic nitrogens is 6. The summed E-state index contributed by atoms with van der Waals surface area (Å²) in [4.78, 5) is 41.7. The number of hydrogen-bond donors (Lipinski definition) is 1. The quantitative estimate of drug-likeness (QED) is 0.177. The van der Waals surface area contributed by atoms with Gasteiger partial charge < -0.3 is 29.4 Å². The molecule has 6 rings (SSSR count). The molecule has 1 N–H and O–H groups in total. The normalized spacial score (nSPS) is 18.0. The van der Waals surface area contributed by atoms with Crippen LogP contribution in [-0.4, -0.2) is 100 Å². The number of carboxylic acids is 1. The van der Waals surface area contributed by atoms with Gasteiger partial charge in [0.1, 0.15) is 17.0 Å². The van der Waals surface area contributed by atoms with Crippen molar-refractivity contribution in [3.8, 4) is 22.8 Å². The first kappa shape index (κ1) is 40.6. The second-order valence-corrected chi connectivity index (χ2v) is 13.6. The largest absolute Gasteiger partial charge is 1.00 e. The van der Waals surface area contributed by atoms with E-state index in [1.54, 1.807) is 13.3 Å².